The fourth-order valence-corrected chi connectivity index (χ4v) is 6.85. The molecule has 2 fully saturated rings. The predicted molar refractivity (Wildman–Crippen MR) is 93.3 cm³/mol. The lowest BCUT2D eigenvalue weighted by Crippen LogP contribution is -2.52. The summed E-state index contributed by atoms with van der Waals surface area (Å²) in [5, 5.41) is 20.4. The van der Waals surface area contributed by atoms with E-state index in [0.29, 0.717) is 17.8 Å². The molecule has 3 nitrogen and oxygen atoms in total. The van der Waals surface area contributed by atoms with Crippen molar-refractivity contribution >= 4 is 5.78 Å². The minimum Gasteiger partial charge on any atom is -0.395 e. The molecule has 0 amide bonds. The minimum atomic E-state index is -0.237. The number of carbonyl (C=O) groups excluding carboxylic acids is 1. The van der Waals surface area contributed by atoms with Gasteiger partial charge in [0.05, 0.1) is 12.7 Å². The SMILES string of the molecule is CC(=O)C1=CCC2C3CC=C4CC(O)CCC4(CO)C3CCC12C. The van der Waals surface area contributed by atoms with Crippen molar-refractivity contribution < 1.29 is 15.0 Å². The lowest BCUT2D eigenvalue weighted by Gasteiger charge is -2.58. The number of carbonyl (C=O) groups is 1. The zero-order valence-corrected chi connectivity index (χ0v) is 14.9. The maximum absolute atomic E-state index is 12.1. The molecule has 0 radical (unpaired) electrons. The summed E-state index contributed by atoms with van der Waals surface area (Å²) in [4.78, 5) is 12.1. The second-order valence-corrected chi connectivity index (χ2v) is 8.92. The summed E-state index contributed by atoms with van der Waals surface area (Å²) >= 11 is 0. The first kappa shape index (κ1) is 16.5. The monoisotopic (exact) mass is 330 g/mol. The Morgan fingerprint density at radius 1 is 1.21 bits per heavy atom. The summed E-state index contributed by atoms with van der Waals surface area (Å²) in [5.74, 6) is 1.84. The van der Waals surface area contributed by atoms with Crippen LogP contribution >= 0.6 is 0 Å². The highest BCUT2D eigenvalue weighted by atomic mass is 16.3. The third kappa shape index (κ3) is 2.07. The van der Waals surface area contributed by atoms with Crippen LogP contribution in [0.5, 0.6) is 0 Å². The first-order chi connectivity index (χ1) is 11.4. The third-order valence-electron chi connectivity index (χ3n) is 8.04. The molecule has 2 saturated carbocycles. The average Bonchev–Trinajstić information content (AvgIpc) is 2.91. The third-order valence-corrected chi connectivity index (χ3v) is 8.04. The number of fused-ring (bicyclic) bond motifs is 5. The standard InChI is InChI=1S/C21H30O3/c1-13(23)17-5-6-18-16-4-3-14-11-15(24)7-10-21(14,12-22)19(16)8-9-20(17,18)2/h3,5,15-16,18-19,22,24H,4,6-12H2,1-2H3. The fourth-order valence-electron chi connectivity index (χ4n) is 6.85. The summed E-state index contributed by atoms with van der Waals surface area (Å²) < 4.78 is 0. The second kappa shape index (κ2) is 5.54. The van der Waals surface area contributed by atoms with Crippen LogP contribution in [0.1, 0.15) is 58.8 Å². The Labute approximate surface area is 144 Å². The Kier molecular flexibility index (Phi) is 3.81. The smallest absolute Gasteiger partial charge is 0.156 e. The second-order valence-electron chi connectivity index (χ2n) is 8.92. The van der Waals surface area contributed by atoms with Crippen LogP contribution in [0.4, 0.5) is 0 Å². The molecule has 2 N–H and O–H groups in total. The molecule has 0 bridgehead atoms. The van der Waals surface area contributed by atoms with E-state index in [1.165, 1.54) is 5.57 Å². The van der Waals surface area contributed by atoms with Gasteiger partial charge < -0.3 is 10.2 Å². The topological polar surface area (TPSA) is 57.5 Å². The van der Waals surface area contributed by atoms with Crippen molar-refractivity contribution in [2.75, 3.05) is 6.61 Å². The first-order valence-corrected chi connectivity index (χ1v) is 9.62. The van der Waals surface area contributed by atoms with Crippen molar-refractivity contribution in [2.24, 2.45) is 28.6 Å². The zero-order valence-electron chi connectivity index (χ0n) is 14.9. The molecular formula is C21H30O3. The highest BCUT2D eigenvalue weighted by molar-refractivity contribution is 5.95. The van der Waals surface area contributed by atoms with Crippen LogP contribution in [-0.4, -0.2) is 28.7 Å². The molecule has 132 valence electrons. The summed E-state index contributed by atoms with van der Waals surface area (Å²) in [6.45, 7) is 4.22. The van der Waals surface area contributed by atoms with Crippen LogP contribution in [0.15, 0.2) is 23.3 Å². The van der Waals surface area contributed by atoms with Crippen LogP contribution in [0, 0.1) is 28.6 Å². The molecule has 4 rings (SSSR count). The van der Waals surface area contributed by atoms with Gasteiger partial charge in [-0.2, -0.15) is 0 Å². The summed E-state index contributed by atoms with van der Waals surface area (Å²) in [6, 6.07) is 0. The number of ketones is 1. The summed E-state index contributed by atoms with van der Waals surface area (Å²) in [6.07, 6.45) is 11.0. The number of hydrogen-bond acceptors (Lipinski definition) is 3. The van der Waals surface area contributed by atoms with Crippen molar-refractivity contribution in [2.45, 2.75) is 64.9 Å². The van der Waals surface area contributed by atoms with Gasteiger partial charge in [0.15, 0.2) is 5.78 Å². The number of aliphatic hydroxyl groups is 2. The van der Waals surface area contributed by atoms with E-state index < -0.39 is 0 Å². The van der Waals surface area contributed by atoms with Crippen LogP contribution in [0.3, 0.4) is 0 Å². The Morgan fingerprint density at radius 2 is 2.00 bits per heavy atom. The quantitative estimate of drug-likeness (QED) is 0.763. The van der Waals surface area contributed by atoms with Gasteiger partial charge in [-0.25, -0.2) is 0 Å². The van der Waals surface area contributed by atoms with Gasteiger partial charge >= 0.3 is 0 Å². The van der Waals surface area contributed by atoms with Gasteiger partial charge in [-0.1, -0.05) is 24.6 Å². The lowest BCUT2D eigenvalue weighted by molar-refractivity contribution is -0.116. The molecular weight excluding hydrogens is 300 g/mol. The van der Waals surface area contributed by atoms with E-state index in [1.807, 2.05) is 0 Å². The fraction of sp³-hybridized carbons (Fsp3) is 0.762. The summed E-state index contributed by atoms with van der Waals surface area (Å²) in [7, 11) is 0. The van der Waals surface area contributed by atoms with E-state index in [0.717, 1.165) is 50.5 Å². The zero-order chi connectivity index (χ0) is 17.1. The predicted octanol–water partition coefficient (Wildman–Crippen LogP) is 3.41. The van der Waals surface area contributed by atoms with Crippen LogP contribution < -0.4 is 0 Å². The van der Waals surface area contributed by atoms with E-state index in [-0.39, 0.29) is 29.3 Å². The van der Waals surface area contributed by atoms with Crippen LogP contribution in [0.2, 0.25) is 0 Å². The van der Waals surface area contributed by atoms with E-state index in [4.69, 9.17) is 0 Å². The Morgan fingerprint density at radius 3 is 2.71 bits per heavy atom. The van der Waals surface area contributed by atoms with Crippen molar-refractivity contribution in [3.05, 3.63) is 23.3 Å². The van der Waals surface area contributed by atoms with Crippen LogP contribution in [0.25, 0.3) is 0 Å². The molecule has 4 aliphatic rings. The molecule has 3 heteroatoms. The Hall–Kier alpha value is -0.930. The van der Waals surface area contributed by atoms with Gasteiger partial charge in [0.1, 0.15) is 0 Å². The average molecular weight is 330 g/mol. The molecule has 0 spiro atoms. The van der Waals surface area contributed by atoms with Gasteiger partial charge in [-0.15, -0.1) is 0 Å². The number of Topliss-reactive ketones (excluding diaryl/α,β-unsaturated/α-hetero) is 1. The number of allylic oxidation sites excluding steroid dienone is 3. The van der Waals surface area contributed by atoms with E-state index in [9.17, 15) is 15.0 Å². The normalized spacial score (nSPS) is 47.2. The van der Waals surface area contributed by atoms with Gasteiger partial charge in [0.25, 0.3) is 0 Å². The molecule has 24 heavy (non-hydrogen) atoms. The Bertz CT molecular complexity index is 619. The van der Waals surface area contributed by atoms with Crippen molar-refractivity contribution in [1.29, 1.82) is 0 Å². The Balaban J connectivity index is 1.69. The molecule has 6 unspecified atom stereocenters. The minimum absolute atomic E-state index is 0.0309. The van der Waals surface area contributed by atoms with E-state index >= 15 is 0 Å². The number of rotatable bonds is 2. The van der Waals surface area contributed by atoms with Crippen molar-refractivity contribution in [3.63, 3.8) is 0 Å². The highest BCUT2D eigenvalue weighted by Gasteiger charge is 2.58. The van der Waals surface area contributed by atoms with Crippen LogP contribution in [-0.2, 0) is 4.79 Å². The summed E-state index contributed by atoms with van der Waals surface area (Å²) in [5.41, 5.74) is 2.29. The maximum Gasteiger partial charge on any atom is 0.156 e. The molecule has 4 aliphatic carbocycles. The lowest BCUT2D eigenvalue weighted by atomic mass is 9.47. The van der Waals surface area contributed by atoms with E-state index in [2.05, 4.69) is 19.1 Å². The largest absolute Gasteiger partial charge is 0.395 e. The number of aliphatic hydroxyl groups excluding tert-OH is 2. The molecule has 0 aliphatic heterocycles. The van der Waals surface area contributed by atoms with Crippen molar-refractivity contribution in [1.82, 2.24) is 0 Å². The number of hydrogen-bond donors (Lipinski definition) is 2. The molecule has 0 aromatic rings. The van der Waals surface area contributed by atoms with Gasteiger partial charge in [-0.05, 0) is 80.6 Å². The molecule has 0 saturated heterocycles. The molecule has 0 aromatic heterocycles. The van der Waals surface area contributed by atoms with Gasteiger partial charge in [0, 0.05) is 5.41 Å². The van der Waals surface area contributed by atoms with Crippen molar-refractivity contribution in [3.8, 4) is 0 Å². The van der Waals surface area contributed by atoms with Gasteiger partial charge in [0.2, 0.25) is 0 Å². The van der Waals surface area contributed by atoms with E-state index in [1.54, 1.807) is 6.92 Å². The van der Waals surface area contributed by atoms with Gasteiger partial charge in [-0.3, -0.25) is 4.79 Å². The molecule has 0 aromatic carbocycles. The molecule has 0 heterocycles. The maximum atomic E-state index is 12.1. The molecule has 6 atom stereocenters. The highest BCUT2D eigenvalue weighted by Crippen LogP contribution is 2.64. The first-order valence-electron chi connectivity index (χ1n) is 9.62.